The van der Waals surface area contributed by atoms with E-state index in [9.17, 15) is 4.79 Å². The van der Waals surface area contributed by atoms with E-state index in [0.717, 1.165) is 19.5 Å². The first kappa shape index (κ1) is 17.8. The Morgan fingerprint density at radius 1 is 1.56 bits per heavy atom. The van der Waals surface area contributed by atoms with Crippen molar-refractivity contribution in [2.24, 2.45) is 11.7 Å². The highest BCUT2D eigenvalue weighted by atomic mass is 35.5. The molecule has 0 aromatic heterocycles. The van der Waals surface area contributed by atoms with E-state index in [2.05, 4.69) is 27.4 Å². The van der Waals surface area contributed by atoms with Crippen LogP contribution in [0.1, 0.15) is 34.1 Å². The van der Waals surface area contributed by atoms with Gasteiger partial charge in [-0.3, -0.25) is 4.79 Å². The maximum absolute atomic E-state index is 11.6. The molecule has 1 rings (SSSR count). The van der Waals surface area contributed by atoms with E-state index >= 15 is 0 Å². The second-order valence-corrected chi connectivity index (χ2v) is 4.70. The first-order valence-corrected chi connectivity index (χ1v) is 5.52. The molecule has 96 valence electrons. The van der Waals surface area contributed by atoms with Crippen LogP contribution in [0.5, 0.6) is 0 Å². The standard InChI is InChI=1S/C10H17NO.C2H7N.ClH/c1-5-8-6-7-11(9(8)12)10(2,3)4;1-2-3;/h5,8H,1,6-7H2,2-4H3;2-3H2,1H3;1H. The maximum atomic E-state index is 11.6. The summed E-state index contributed by atoms with van der Waals surface area (Å²) in [5.74, 6) is 0.293. The first-order chi connectivity index (χ1) is 6.88. The van der Waals surface area contributed by atoms with Crippen molar-refractivity contribution in [1.82, 2.24) is 4.90 Å². The van der Waals surface area contributed by atoms with Crippen molar-refractivity contribution in [2.75, 3.05) is 13.1 Å². The van der Waals surface area contributed by atoms with Gasteiger partial charge in [0.1, 0.15) is 0 Å². The van der Waals surface area contributed by atoms with Gasteiger partial charge >= 0.3 is 0 Å². The fourth-order valence-electron chi connectivity index (χ4n) is 1.59. The minimum absolute atomic E-state index is 0. The molecular weight excluding hydrogens is 224 g/mol. The lowest BCUT2D eigenvalue weighted by atomic mass is 10.1. The molecule has 3 nitrogen and oxygen atoms in total. The molecule has 1 heterocycles. The van der Waals surface area contributed by atoms with Crippen LogP contribution in [0.15, 0.2) is 12.7 Å². The van der Waals surface area contributed by atoms with Gasteiger partial charge in [0.25, 0.3) is 0 Å². The van der Waals surface area contributed by atoms with Crippen molar-refractivity contribution in [3.63, 3.8) is 0 Å². The molecule has 1 aliphatic heterocycles. The monoisotopic (exact) mass is 248 g/mol. The maximum Gasteiger partial charge on any atom is 0.229 e. The van der Waals surface area contributed by atoms with Gasteiger partial charge in [-0.25, -0.2) is 0 Å². The van der Waals surface area contributed by atoms with E-state index < -0.39 is 0 Å². The topological polar surface area (TPSA) is 46.3 Å². The summed E-state index contributed by atoms with van der Waals surface area (Å²) in [5.41, 5.74) is 4.81. The minimum Gasteiger partial charge on any atom is -0.337 e. The van der Waals surface area contributed by atoms with Crippen LogP contribution in [0.3, 0.4) is 0 Å². The van der Waals surface area contributed by atoms with Crippen molar-refractivity contribution in [3.05, 3.63) is 12.7 Å². The molecule has 1 amide bonds. The Bertz CT molecular complexity index is 224. The van der Waals surface area contributed by atoms with Crippen molar-refractivity contribution < 1.29 is 4.79 Å². The lowest BCUT2D eigenvalue weighted by Gasteiger charge is -2.31. The summed E-state index contributed by atoms with van der Waals surface area (Å²) in [4.78, 5) is 13.6. The number of carbonyl (C=O) groups is 1. The van der Waals surface area contributed by atoms with Crippen molar-refractivity contribution in [3.8, 4) is 0 Å². The molecule has 1 unspecified atom stereocenters. The molecule has 0 aromatic rings. The molecule has 1 saturated heterocycles. The third-order valence-corrected chi connectivity index (χ3v) is 2.34. The minimum atomic E-state index is -0.0329. The Morgan fingerprint density at radius 2 is 2.00 bits per heavy atom. The number of rotatable bonds is 1. The second kappa shape index (κ2) is 7.69. The molecule has 0 spiro atoms. The molecule has 1 aliphatic rings. The largest absolute Gasteiger partial charge is 0.337 e. The molecule has 2 N–H and O–H groups in total. The molecule has 0 bridgehead atoms. The molecule has 1 fully saturated rings. The van der Waals surface area contributed by atoms with E-state index in [1.165, 1.54) is 0 Å². The van der Waals surface area contributed by atoms with E-state index in [1.807, 2.05) is 11.8 Å². The number of nitrogens with two attached hydrogens (primary N) is 1. The van der Waals surface area contributed by atoms with Gasteiger partial charge in [0.05, 0.1) is 5.92 Å². The lowest BCUT2D eigenvalue weighted by molar-refractivity contribution is -0.133. The van der Waals surface area contributed by atoms with Gasteiger partial charge in [-0.05, 0) is 33.7 Å². The summed E-state index contributed by atoms with van der Waals surface area (Å²) in [6, 6.07) is 0. The Morgan fingerprint density at radius 3 is 2.19 bits per heavy atom. The van der Waals surface area contributed by atoms with Crippen LogP contribution < -0.4 is 5.73 Å². The second-order valence-electron chi connectivity index (χ2n) is 4.70. The Balaban J connectivity index is 0. The van der Waals surface area contributed by atoms with Crippen LogP contribution in [-0.2, 0) is 4.79 Å². The van der Waals surface area contributed by atoms with E-state index in [4.69, 9.17) is 5.73 Å². The number of carbonyl (C=O) groups excluding carboxylic acids is 1. The molecule has 4 heteroatoms. The smallest absolute Gasteiger partial charge is 0.229 e. The van der Waals surface area contributed by atoms with Gasteiger partial charge in [-0.15, -0.1) is 19.0 Å². The molecular formula is C12H25ClN2O. The summed E-state index contributed by atoms with van der Waals surface area (Å²) in [7, 11) is 0. The third-order valence-electron chi connectivity index (χ3n) is 2.34. The number of amides is 1. The lowest BCUT2D eigenvalue weighted by Crippen LogP contribution is -2.42. The predicted octanol–water partition coefficient (Wildman–Crippen LogP) is 2.21. The van der Waals surface area contributed by atoms with Gasteiger partial charge in [0.15, 0.2) is 0 Å². The molecule has 0 radical (unpaired) electrons. The van der Waals surface area contributed by atoms with Crippen LogP contribution >= 0.6 is 12.4 Å². The third kappa shape index (κ3) is 4.99. The molecule has 0 aromatic carbocycles. The van der Waals surface area contributed by atoms with E-state index in [-0.39, 0.29) is 29.8 Å². The number of likely N-dealkylation sites (tertiary alicyclic amines) is 1. The Kier molecular flexibility index (Phi) is 8.57. The summed E-state index contributed by atoms with van der Waals surface area (Å²) < 4.78 is 0. The molecule has 0 aliphatic carbocycles. The fraction of sp³-hybridized carbons (Fsp3) is 0.750. The highest BCUT2D eigenvalue weighted by molar-refractivity contribution is 5.85. The molecule has 0 saturated carbocycles. The number of nitrogens with zero attached hydrogens (tertiary/aromatic N) is 1. The van der Waals surface area contributed by atoms with Crippen LogP contribution in [0.2, 0.25) is 0 Å². The van der Waals surface area contributed by atoms with Crippen molar-refractivity contribution in [2.45, 2.75) is 39.7 Å². The summed E-state index contributed by atoms with van der Waals surface area (Å²) in [5, 5.41) is 0. The van der Waals surface area contributed by atoms with Gasteiger partial charge in [0, 0.05) is 12.1 Å². The summed E-state index contributed by atoms with van der Waals surface area (Å²) in [6.45, 7) is 13.4. The Labute approximate surface area is 105 Å². The van der Waals surface area contributed by atoms with E-state index in [0.29, 0.717) is 0 Å². The fourth-order valence-corrected chi connectivity index (χ4v) is 1.59. The highest BCUT2D eigenvalue weighted by Gasteiger charge is 2.35. The van der Waals surface area contributed by atoms with Gasteiger partial charge in [0.2, 0.25) is 5.91 Å². The number of hydrogen-bond donors (Lipinski definition) is 1. The summed E-state index contributed by atoms with van der Waals surface area (Å²) in [6.07, 6.45) is 2.69. The number of hydrogen-bond acceptors (Lipinski definition) is 2. The van der Waals surface area contributed by atoms with Crippen LogP contribution in [0.25, 0.3) is 0 Å². The normalized spacial score (nSPS) is 19.7. The quantitative estimate of drug-likeness (QED) is 0.724. The zero-order valence-corrected chi connectivity index (χ0v) is 11.6. The zero-order chi connectivity index (χ0) is 12.1. The van der Waals surface area contributed by atoms with Gasteiger partial charge in [-0.1, -0.05) is 13.0 Å². The zero-order valence-electron chi connectivity index (χ0n) is 10.8. The number of halogens is 1. The van der Waals surface area contributed by atoms with Gasteiger partial charge < -0.3 is 10.6 Å². The van der Waals surface area contributed by atoms with Crippen molar-refractivity contribution in [1.29, 1.82) is 0 Å². The molecule has 16 heavy (non-hydrogen) atoms. The SMILES string of the molecule is C=CC1CCN(C(C)(C)C)C1=O.CCN.Cl. The first-order valence-electron chi connectivity index (χ1n) is 5.52. The molecule has 1 atom stereocenters. The average Bonchev–Trinajstić information content (AvgIpc) is 2.47. The van der Waals surface area contributed by atoms with Crippen LogP contribution in [0.4, 0.5) is 0 Å². The van der Waals surface area contributed by atoms with Gasteiger partial charge in [-0.2, -0.15) is 0 Å². The predicted molar refractivity (Wildman–Crippen MR) is 71.7 cm³/mol. The van der Waals surface area contributed by atoms with Crippen LogP contribution in [0, 0.1) is 5.92 Å². The average molecular weight is 249 g/mol. The van der Waals surface area contributed by atoms with Crippen LogP contribution in [-0.4, -0.2) is 29.4 Å². The Hall–Kier alpha value is -0.540. The highest BCUT2D eigenvalue weighted by Crippen LogP contribution is 2.25. The van der Waals surface area contributed by atoms with E-state index in [1.54, 1.807) is 6.08 Å². The summed E-state index contributed by atoms with van der Waals surface area (Å²) >= 11 is 0. The van der Waals surface area contributed by atoms with Crippen molar-refractivity contribution >= 4 is 18.3 Å².